The van der Waals surface area contributed by atoms with E-state index in [9.17, 15) is 9.59 Å². The van der Waals surface area contributed by atoms with Gasteiger partial charge in [-0.3, -0.25) is 14.6 Å². The minimum atomic E-state index is -0.233. The largest absolute Gasteiger partial charge is 0.469 e. The summed E-state index contributed by atoms with van der Waals surface area (Å²) in [4.78, 5) is 29.5. The molecule has 0 aromatic heterocycles. The van der Waals surface area contributed by atoms with Crippen LogP contribution in [0.1, 0.15) is 26.2 Å². The van der Waals surface area contributed by atoms with Crippen LogP contribution in [0.4, 0.5) is 0 Å². The second kappa shape index (κ2) is 8.70. The molecule has 0 bridgehead atoms. The van der Waals surface area contributed by atoms with Crippen LogP contribution in [-0.2, 0) is 14.3 Å². The van der Waals surface area contributed by atoms with Crippen LogP contribution < -0.4 is 10.6 Å². The fourth-order valence-electron chi connectivity index (χ4n) is 3.29. The van der Waals surface area contributed by atoms with E-state index in [0.717, 1.165) is 38.4 Å². The molecule has 132 valence electrons. The van der Waals surface area contributed by atoms with E-state index < -0.39 is 0 Å². The number of ether oxygens (including phenoxy) is 1. The van der Waals surface area contributed by atoms with E-state index >= 15 is 0 Å². The van der Waals surface area contributed by atoms with E-state index in [1.165, 1.54) is 7.11 Å². The molecule has 0 aromatic rings. The lowest BCUT2D eigenvalue weighted by atomic mass is 9.79. The van der Waals surface area contributed by atoms with Gasteiger partial charge in [0, 0.05) is 45.1 Å². The maximum Gasteiger partial charge on any atom is 0.310 e. The van der Waals surface area contributed by atoms with Crippen molar-refractivity contribution in [3.8, 4) is 0 Å². The normalized spacial score (nSPS) is 25.6. The molecule has 2 N–H and O–H groups in total. The Hall–Kier alpha value is -1.06. The lowest BCUT2D eigenvalue weighted by Crippen LogP contribution is -2.52. The molecule has 8 heteroatoms. The van der Waals surface area contributed by atoms with Crippen molar-refractivity contribution in [3.05, 3.63) is 0 Å². The fraction of sp³-hybridized carbons (Fsp3) is 0.800. The minimum Gasteiger partial charge on any atom is -0.469 e. The predicted octanol–water partition coefficient (Wildman–Crippen LogP) is 0.591. The number of carbonyl (C=O) groups is 2. The van der Waals surface area contributed by atoms with E-state index in [0.29, 0.717) is 13.0 Å². The molecule has 0 radical (unpaired) electrons. The molecule has 2 unspecified atom stereocenters. The van der Waals surface area contributed by atoms with E-state index in [-0.39, 0.29) is 47.2 Å². The van der Waals surface area contributed by atoms with Crippen LogP contribution in [0.5, 0.6) is 0 Å². The standard InChI is InChI=1S/C15H26N4O3.HI/c1-11(13(21)22-3)8-17-14(16-2)19-6-4-5-15(10-19)7-12(20)18-9-15;/h11H,4-10H2,1-3H3,(H,16,17)(H,18,20);1H. The van der Waals surface area contributed by atoms with Crippen molar-refractivity contribution < 1.29 is 14.3 Å². The monoisotopic (exact) mass is 438 g/mol. The van der Waals surface area contributed by atoms with Crippen LogP contribution in [0.25, 0.3) is 0 Å². The van der Waals surface area contributed by atoms with Crippen molar-refractivity contribution in [2.45, 2.75) is 26.2 Å². The smallest absolute Gasteiger partial charge is 0.310 e. The molecule has 2 saturated heterocycles. The van der Waals surface area contributed by atoms with Gasteiger partial charge in [0.05, 0.1) is 13.0 Å². The molecule has 1 amide bonds. The summed E-state index contributed by atoms with van der Waals surface area (Å²) in [6.07, 6.45) is 2.71. The Bertz CT molecular complexity index is 472. The highest BCUT2D eigenvalue weighted by molar-refractivity contribution is 14.0. The Morgan fingerprint density at radius 2 is 2.30 bits per heavy atom. The summed E-state index contributed by atoms with van der Waals surface area (Å²) in [5.41, 5.74) is 0.0287. The number of guanidine groups is 1. The highest BCUT2D eigenvalue weighted by Crippen LogP contribution is 2.35. The topological polar surface area (TPSA) is 83.0 Å². The Balaban J connectivity index is 0.00000264. The van der Waals surface area contributed by atoms with E-state index in [1.54, 1.807) is 7.05 Å². The number of aliphatic imine (C=N–C) groups is 1. The van der Waals surface area contributed by atoms with Gasteiger partial charge in [-0.05, 0) is 12.8 Å². The van der Waals surface area contributed by atoms with Gasteiger partial charge in [0.25, 0.3) is 0 Å². The SMILES string of the molecule is CN=C(NCC(C)C(=O)OC)N1CCCC2(CNC(=O)C2)C1.I. The van der Waals surface area contributed by atoms with Crippen molar-refractivity contribution >= 4 is 41.8 Å². The van der Waals surface area contributed by atoms with Gasteiger partial charge in [0.15, 0.2) is 5.96 Å². The predicted molar refractivity (Wildman–Crippen MR) is 98.8 cm³/mol. The van der Waals surface area contributed by atoms with Crippen molar-refractivity contribution in [1.82, 2.24) is 15.5 Å². The van der Waals surface area contributed by atoms with E-state index in [4.69, 9.17) is 4.74 Å². The summed E-state index contributed by atoms with van der Waals surface area (Å²) in [6.45, 7) is 4.79. The number of hydrogen-bond donors (Lipinski definition) is 2. The Labute approximate surface area is 154 Å². The summed E-state index contributed by atoms with van der Waals surface area (Å²) in [7, 11) is 3.14. The number of piperidine rings is 1. The van der Waals surface area contributed by atoms with Gasteiger partial charge in [0.1, 0.15) is 0 Å². The molecule has 2 heterocycles. The number of nitrogens with zero attached hydrogens (tertiary/aromatic N) is 2. The molecule has 2 rings (SSSR count). The molecule has 0 saturated carbocycles. The van der Waals surface area contributed by atoms with Gasteiger partial charge >= 0.3 is 5.97 Å². The van der Waals surface area contributed by atoms with Gasteiger partial charge in [-0.15, -0.1) is 24.0 Å². The lowest BCUT2D eigenvalue weighted by Gasteiger charge is -2.40. The molecule has 0 aliphatic carbocycles. The Morgan fingerprint density at radius 1 is 1.57 bits per heavy atom. The van der Waals surface area contributed by atoms with Crippen LogP contribution in [0.15, 0.2) is 4.99 Å². The molecule has 2 aliphatic rings. The van der Waals surface area contributed by atoms with Crippen LogP contribution in [0, 0.1) is 11.3 Å². The maximum absolute atomic E-state index is 11.6. The number of amides is 1. The average Bonchev–Trinajstić information content (AvgIpc) is 2.87. The van der Waals surface area contributed by atoms with Gasteiger partial charge in [0.2, 0.25) is 5.91 Å². The maximum atomic E-state index is 11.6. The van der Waals surface area contributed by atoms with Crippen LogP contribution in [0.3, 0.4) is 0 Å². The zero-order valence-electron chi connectivity index (χ0n) is 14.1. The summed E-state index contributed by atoms with van der Waals surface area (Å²) < 4.78 is 4.73. The number of nitrogens with one attached hydrogen (secondary N) is 2. The molecular formula is C15H27IN4O3. The van der Waals surface area contributed by atoms with Gasteiger partial charge in [-0.2, -0.15) is 0 Å². The zero-order valence-corrected chi connectivity index (χ0v) is 16.4. The quantitative estimate of drug-likeness (QED) is 0.292. The average molecular weight is 438 g/mol. The molecule has 2 aliphatic heterocycles. The molecule has 23 heavy (non-hydrogen) atoms. The minimum absolute atomic E-state index is 0. The zero-order chi connectivity index (χ0) is 16.2. The third-order valence-electron chi connectivity index (χ3n) is 4.54. The molecule has 0 aromatic carbocycles. The van der Waals surface area contributed by atoms with Gasteiger partial charge < -0.3 is 20.3 Å². The second-order valence-electron chi connectivity index (χ2n) is 6.33. The number of rotatable bonds is 3. The number of likely N-dealkylation sites (tertiary alicyclic amines) is 1. The molecule has 1 spiro atoms. The Kier molecular flexibility index (Phi) is 7.56. The third kappa shape index (κ3) is 4.95. The molecule has 2 atom stereocenters. The van der Waals surface area contributed by atoms with Gasteiger partial charge in [-0.25, -0.2) is 0 Å². The van der Waals surface area contributed by atoms with E-state index in [2.05, 4.69) is 20.5 Å². The van der Waals surface area contributed by atoms with Crippen molar-refractivity contribution in [2.75, 3.05) is 40.3 Å². The number of carbonyl (C=O) groups excluding carboxylic acids is 2. The first-order chi connectivity index (χ1) is 10.5. The van der Waals surface area contributed by atoms with Crippen LogP contribution >= 0.6 is 24.0 Å². The number of hydrogen-bond acceptors (Lipinski definition) is 4. The highest BCUT2D eigenvalue weighted by Gasteiger charge is 2.42. The fourth-order valence-corrected chi connectivity index (χ4v) is 3.29. The first-order valence-corrected chi connectivity index (χ1v) is 7.80. The molecule has 7 nitrogen and oxygen atoms in total. The number of esters is 1. The van der Waals surface area contributed by atoms with Crippen molar-refractivity contribution in [3.63, 3.8) is 0 Å². The summed E-state index contributed by atoms with van der Waals surface area (Å²) in [6, 6.07) is 0. The highest BCUT2D eigenvalue weighted by atomic mass is 127. The van der Waals surface area contributed by atoms with Crippen molar-refractivity contribution in [1.29, 1.82) is 0 Å². The first-order valence-electron chi connectivity index (χ1n) is 7.80. The second-order valence-corrected chi connectivity index (χ2v) is 6.33. The first kappa shape index (κ1) is 20.0. The Morgan fingerprint density at radius 3 is 2.87 bits per heavy atom. The molecule has 2 fully saturated rings. The van der Waals surface area contributed by atoms with E-state index in [1.807, 2.05) is 6.92 Å². The molecular weight excluding hydrogens is 411 g/mol. The van der Waals surface area contributed by atoms with Crippen LogP contribution in [-0.4, -0.2) is 63.1 Å². The number of methoxy groups -OCH3 is 1. The third-order valence-corrected chi connectivity index (χ3v) is 4.54. The van der Waals surface area contributed by atoms with Crippen molar-refractivity contribution in [2.24, 2.45) is 16.3 Å². The lowest BCUT2D eigenvalue weighted by molar-refractivity contribution is -0.144. The van der Waals surface area contributed by atoms with Crippen LogP contribution in [0.2, 0.25) is 0 Å². The van der Waals surface area contributed by atoms with Gasteiger partial charge in [-0.1, -0.05) is 6.92 Å². The summed E-state index contributed by atoms with van der Waals surface area (Å²) >= 11 is 0. The summed E-state index contributed by atoms with van der Waals surface area (Å²) in [5.74, 6) is 0.470. The summed E-state index contributed by atoms with van der Waals surface area (Å²) in [5, 5.41) is 6.18. The number of halogens is 1.